The van der Waals surface area contributed by atoms with Gasteiger partial charge >= 0.3 is 0 Å². The molecule has 4 aromatic rings. The summed E-state index contributed by atoms with van der Waals surface area (Å²) >= 11 is 6.04. The summed E-state index contributed by atoms with van der Waals surface area (Å²) < 4.78 is 1.73. The first-order valence-corrected chi connectivity index (χ1v) is 7.21. The van der Waals surface area contributed by atoms with E-state index in [1.165, 1.54) is 0 Å². The molecule has 0 saturated carbocycles. The highest BCUT2D eigenvalue weighted by Gasteiger charge is 2.12. The smallest absolute Gasteiger partial charge is 0.140 e. The zero-order valence-corrected chi connectivity index (χ0v) is 12.5. The molecule has 0 fully saturated rings. The number of nitrogens with zero attached hydrogens (tertiary/aromatic N) is 4. The first-order valence-electron chi connectivity index (χ1n) is 6.84. The number of halogens is 1. The van der Waals surface area contributed by atoms with Gasteiger partial charge in [0.05, 0.1) is 29.1 Å². The Hall–Kier alpha value is -2.66. The molecule has 0 radical (unpaired) electrons. The number of hydrogen-bond donors (Lipinski definition) is 1. The van der Waals surface area contributed by atoms with Gasteiger partial charge < -0.3 is 4.98 Å². The minimum absolute atomic E-state index is 0.684. The average molecular weight is 310 g/mol. The highest BCUT2D eigenvalue weighted by molar-refractivity contribution is 6.31. The molecule has 1 N–H and O–H groups in total. The van der Waals surface area contributed by atoms with Crippen LogP contribution < -0.4 is 0 Å². The summed E-state index contributed by atoms with van der Waals surface area (Å²) in [5.41, 5.74) is 4.84. The van der Waals surface area contributed by atoms with Crippen LogP contribution in [0.2, 0.25) is 5.02 Å². The Morgan fingerprint density at radius 1 is 1.14 bits per heavy atom. The molecule has 0 spiro atoms. The third-order valence-corrected chi connectivity index (χ3v) is 3.76. The minimum atomic E-state index is 0.684. The van der Waals surface area contributed by atoms with Crippen molar-refractivity contribution in [2.75, 3.05) is 0 Å². The SMILES string of the molecule is Cc1ccc(-n2ccnn2)c(-c2nc3ccc(Cl)cc3[nH]2)c1. The van der Waals surface area contributed by atoms with E-state index in [1.807, 2.05) is 43.5 Å². The van der Waals surface area contributed by atoms with E-state index < -0.39 is 0 Å². The minimum Gasteiger partial charge on any atom is -0.338 e. The number of aryl methyl sites for hydroxylation is 1. The number of fused-ring (bicyclic) bond motifs is 1. The van der Waals surface area contributed by atoms with Gasteiger partial charge in [-0.15, -0.1) is 5.10 Å². The first kappa shape index (κ1) is 13.0. The largest absolute Gasteiger partial charge is 0.338 e. The molecular weight excluding hydrogens is 298 g/mol. The van der Waals surface area contributed by atoms with E-state index in [0.29, 0.717) is 5.02 Å². The van der Waals surface area contributed by atoms with Crippen LogP contribution in [0.4, 0.5) is 0 Å². The van der Waals surface area contributed by atoms with Crippen LogP contribution in [0.3, 0.4) is 0 Å². The van der Waals surface area contributed by atoms with Crippen LogP contribution in [0.1, 0.15) is 5.56 Å². The predicted molar refractivity (Wildman–Crippen MR) is 86.2 cm³/mol. The van der Waals surface area contributed by atoms with Crippen molar-refractivity contribution >= 4 is 22.6 Å². The predicted octanol–water partition coefficient (Wildman–Crippen LogP) is 3.77. The molecule has 22 heavy (non-hydrogen) atoms. The summed E-state index contributed by atoms with van der Waals surface area (Å²) in [6.45, 7) is 2.05. The van der Waals surface area contributed by atoms with Gasteiger partial charge in [-0.3, -0.25) is 0 Å². The second-order valence-electron chi connectivity index (χ2n) is 5.12. The Morgan fingerprint density at radius 2 is 2.05 bits per heavy atom. The van der Waals surface area contributed by atoms with E-state index in [0.717, 1.165) is 33.7 Å². The summed E-state index contributed by atoms with van der Waals surface area (Å²) in [5, 5.41) is 8.63. The van der Waals surface area contributed by atoms with E-state index in [4.69, 9.17) is 11.6 Å². The number of aromatic nitrogens is 5. The van der Waals surface area contributed by atoms with Gasteiger partial charge in [0.1, 0.15) is 5.82 Å². The molecule has 2 aromatic heterocycles. The van der Waals surface area contributed by atoms with Gasteiger partial charge in [-0.05, 0) is 37.3 Å². The van der Waals surface area contributed by atoms with Crippen molar-refractivity contribution in [3.05, 3.63) is 59.4 Å². The van der Waals surface area contributed by atoms with Gasteiger partial charge in [0.15, 0.2) is 0 Å². The second-order valence-corrected chi connectivity index (χ2v) is 5.55. The molecule has 5 nitrogen and oxygen atoms in total. The van der Waals surface area contributed by atoms with E-state index in [-0.39, 0.29) is 0 Å². The molecule has 108 valence electrons. The van der Waals surface area contributed by atoms with Gasteiger partial charge in [-0.25, -0.2) is 9.67 Å². The maximum atomic E-state index is 6.04. The van der Waals surface area contributed by atoms with Crippen molar-refractivity contribution in [1.29, 1.82) is 0 Å². The van der Waals surface area contributed by atoms with E-state index in [9.17, 15) is 0 Å². The average Bonchev–Trinajstić information content (AvgIpc) is 3.15. The van der Waals surface area contributed by atoms with Crippen molar-refractivity contribution in [3.8, 4) is 17.1 Å². The van der Waals surface area contributed by atoms with Crippen molar-refractivity contribution < 1.29 is 0 Å². The van der Waals surface area contributed by atoms with Crippen LogP contribution in [0.25, 0.3) is 28.1 Å². The molecule has 0 unspecified atom stereocenters. The van der Waals surface area contributed by atoms with Crippen molar-refractivity contribution in [1.82, 2.24) is 25.0 Å². The lowest BCUT2D eigenvalue weighted by Gasteiger charge is -2.07. The maximum Gasteiger partial charge on any atom is 0.140 e. The number of nitrogens with one attached hydrogen (secondary N) is 1. The molecule has 0 amide bonds. The third-order valence-electron chi connectivity index (χ3n) is 3.52. The van der Waals surface area contributed by atoms with Gasteiger partial charge in [-0.1, -0.05) is 28.4 Å². The molecule has 0 aliphatic carbocycles. The molecule has 0 bridgehead atoms. The Labute approximate surface area is 131 Å². The number of imidazole rings is 1. The normalized spacial score (nSPS) is 11.2. The Bertz CT molecular complexity index is 956. The summed E-state index contributed by atoms with van der Waals surface area (Å²) in [6.07, 6.45) is 3.47. The molecule has 0 atom stereocenters. The monoisotopic (exact) mass is 309 g/mol. The van der Waals surface area contributed by atoms with Crippen LogP contribution in [-0.2, 0) is 0 Å². The van der Waals surface area contributed by atoms with Crippen LogP contribution in [0.15, 0.2) is 48.8 Å². The highest BCUT2D eigenvalue weighted by Crippen LogP contribution is 2.28. The fourth-order valence-electron chi connectivity index (χ4n) is 2.49. The van der Waals surface area contributed by atoms with Crippen molar-refractivity contribution in [2.24, 2.45) is 0 Å². The Kier molecular flexibility index (Phi) is 2.94. The van der Waals surface area contributed by atoms with E-state index in [1.54, 1.807) is 10.9 Å². The lowest BCUT2D eigenvalue weighted by atomic mass is 10.1. The summed E-state index contributed by atoms with van der Waals surface area (Å²) in [4.78, 5) is 7.99. The lowest BCUT2D eigenvalue weighted by molar-refractivity contribution is 0.803. The van der Waals surface area contributed by atoms with Gasteiger partial charge in [0.25, 0.3) is 0 Å². The van der Waals surface area contributed by atoms with Crippen molar-refractivity contribution in [3.63, 3.8) is 0 Å². The maximum absolute atomic E-state index is 6.04. The standard InChI is InChI=1S/C16H12ClN5/c1-10-2-5-15(22-7-6-18-21-22)12(8-10)16-19-13-4-3-11(17)9-14(13)20-16/h2-9H,1H3,(H,19,20). The Morgan fingerprint density at radius 3 is 2.86 bits per heavy atom. The zero-order valence-electron chi connectivity index (χ0n) is 11.8. The zero-order chi connectivity index (χ0) is 15.1. The molecule has 4 rings (SSSR count). The molecule has 6 heteroatoms. The van der Waals surface area contributed by atoms with E-state index in [2.05, 4.69) is 26.3 Å². The van der Waals surface area contributed by atoms with Gasteiger partial charge in [0.2, 0.25) is 0 Å². The summed E-state index contributed by atoms with van der Waals surface area (Å²) in [5.74, 6) is 0.784. The fraction of sp³-hybridized carbons (Fsp3) is 0.0625. The molecule has 0 saturated heterocycles. The second kappa shape index (κ2) is 4.96. The van der Waals surface area contributed by atoms with Gasteiger partial charge in [0, 0.05) is 10.6 Å². The van der Waals surface area contributed by atoms with Gasteiger partial charge in [-0.2, -0.15) is 0 Å². The molecule has 2 aromatic carbocycles. The van der Waals surface area contributed by atoms with Crippen LogP contribution >= 0.6 is 11.6 Å². The number of hydrogen-bond acceptors (Lipinski definition) is 3. The Balaban J connectivity index is 1.95. The summed E-state index contributed by atoms with van der Waals surface area (Å²) in [7, 11) is 0. The third kappa shape index (κ3) is 2.16. The van der Waals surface area contributed by atoms with Crippen molar-refractivity contribution in [2.45, 2.75) is 6.92 Å². The molecule has 2 heterocycles. The lowest BCUT2D eigenvalue weighted by Crippen LogP contribution is -1.99. The fourth-order valence-corrected chi connectivity index (χ4v) is 2.66. The quantitative estimate of drug-likeness (QED) is 0.613. The molecular formula is C16H12ClN5. The number of H-pyrrole nitrogens is 1. The molecule has 0 aliphatic rings. The van der Waals surface area contributed by atoms with E-state index >= 15 is 0 Å². The first-order chi connectivity index (χ1) is 10.7. The number of benzene rings is 2. The topological polar surface area (TPSA) is 59.4 Å². The summed E-state index contributed by atoms with van der Waals surface area (Å²) in [6, 6.07) is 11.7. The van der Waals surface area contributed by atoms with Crippen LogP contribution in [0.5, 0.6) is 0 Å². The van der Waals surface area contributed by atoms with Crippen LogP contribution in [-0.4, -0.2) is 25.0 Å². The van der Waals surface area contributed by atoms with Crippen LogP contribution in [0, 0.1) is 6.92 Å². The number of aromatic amines is 1. The number of rotatable bonds is 2. The molecule has 0 aliphatic heterocycles. The highest BCUT2D eigenvalue weighted by atomic mass is 35.5.